The summed E-state index contributed by atoms with van der Waals surface area (Å²) >= 11 is 0. The molecule has 5 nitrogen and oxygen atoms in total. The van der Waals surface area contributed by atoms with Crippen molar-refractivity contribution in [1.29, 1.82) is 0 Å². The molecule has 0 spiro atoms. The van der Waals surface area contributed by atoms with Crippen LogP contribution in [0, 0.1) is 0 Å². The molecule has 1 amide bonds. The minimum Gasteiger partial charge on any atom is -0.494 e. The molecular weight excluding hydrogens is 498 g/mol. The molecular formula is C35H37NO4. The third-order valence-corrected chi connectivity index (χ3v) is 7.72. The predicted molar refractivity (Wildman–Crippen MR) is 158 cm³/mol. The number of hydroxylamine groups is 2. The standard InChI is InChI=1S/C35H37NO4/c1-36(38-2)34(37)14-9-23-39-30-18-15-28(16-19-30)35-32(27-12-7-4-8-13-27)21-17-29-24-31(20-22-33(29)35)40-25-26-10-5-3-6-11-26/h3-8,10-13,15-16,18-20,22,24,32,35H,9,14,17,21,23,25H2,1-2H3/t32-,35+/m1/s1. The number of hydrogen-bond acceptors (Lipinski definition) is 4. The van der Waals surface area contributed by atoms with E-state index in [0.29, 0.717) is 32.0 Å². The summed E-state index contributed by atoms with van der Waals surface area (Å²) in [6, 6.07) is 36.2. The first-order valence-corrected chi connectivity index (χ1v) is 14.0. The van der Waals surface area contributed by atoms with Gasteiger partial charge < -0.3 is 9.47 Å². The van der Waals surface area contributed by atoms with E-state index in [0.717, 1.165) is 24.3 Å². The Morgan fingerprint density at radius 1 is 0.825 bits per heavy atom. The summed E-state index contributed by atoms with van der Waals surface area (Å²) in [4.78, 5) is 16.9. The zero-order valence-corrected chi connectivity index (χ0v) is 23.3. The van der Waals surface area contributed by atoms with Crippen LogP contribution in [0.25, 0.3) is 0 Å². The monoisotopic (exact) mass is 535 g/mol. The Kier molecular flexibility index (Phi) is 9.15. The Balaban J connectivity index is 1.32. The van der Waals surface area contributed by atoms with E-state index in [1.807, 2.05) is 30.3 Å². The highest BCUT2D eigenvalue weighted by molar-refractivity contribution is 5.74. The van der Waals surface area contributed by atoms with Gasteiger partial charge in [0.05, 0.1) is 13.7 Å². The number of benzene rings is 4. The first-order chi connectivity index (χ1) is 19.6. The molecule has 4 aromatic carbocycles. The maximum Gasteiger partial charge on any atom is 0.245 e. The van der Waals surface area contributed by atoms with Gasteiger partial charge in [-0.05, 0) is 77.3 Å². The number of rotatable bonds is 11. The van der Waals surface area contributed by atoms with Crippen molar-refractivity contribution < 1.29 is 19.1 Å². The number of nitrogens with zero attached hydrogens (tertiary/aromatic N) is 1. The van der Waals surface area contributed by atoms with Gasteiger partial charge in [-0.1, -0.05) is 78.9 Å². The first kappa shape index (κ1) is 27.5. The van der Waals surface area contributed by atoms with E-state index >= 15 is 0 Å². The first-order valence-electron chi connectivity index (χ1n) is 14.0. The van der Waals surface area contributed by atoms with Crippen LogP contribution in [0.1, 0.15) is 58.9 Å². The maximum absolute atomic E-state index is 11.9. The number of carbonyl (C=O) groups excluding carboxylic acids is 1. The minimum atomic E-state index is -0.0574. The highest BCUT2D eigenvalue weighted by Crippen LogP contribution is 2.47. The van der Waals surface area contributed by atoms with Crippen LogP contribution in [-0.2, 0) is 22.7 Å². The van der Waals surface area contributed by atoms with Crippen LogP contribution in [-0.4, -0.2) is 31.7 Å². The number of aryl methyl sites for hydroxylation is 1. The van der Waals surface area contributed by atoms with Crippen molar-refractivity contribution in [2.24, 2.45) is 0 Å². The average molecular weight is 536 g/mol. The lowest BCUT2D eigenvalue weighted by Crippen LogP contribution is -2.25. The van der Waals surface area contributed by atoms with Gasteiger partial charge in [0.25, 0.3) is 0 Å². The second kappa shape index (κ2) is 13.3. The Hall–Kier alpha value is -4.09. The lowest BCUT2D eigenvalue weighted by Gasteiger charge is -2.35. The fraction of sp³-hybridized carbons (Fsp3) is 0.286. The Morgan fingerprint density at radius 2 is 1.52 bits per heavy atom. The van der Waals surface area contributed by atoms with E-state index in [2.05, 4.69) is 72.8 Å². The van der Waals surface area contributed by atoms with Crippen LogP contribution in [0.2, 0.25) is 0 Å². The normalized spacial score (nSPS) is 16.1. The second-order valence-electron chi connectivity index (χ2n) is 10.3. The molecule has 0 heterocycles. The van der Waals surface area contributed by atoms with Crippen molar-refractivity contribution in [3.8, 4) is 11.5 Å². The molecule has 5 heteroatoms. The van der Waals surface area contributed by atoms with Gasteiger partial charge >= 0.3 is 0 Å². The number of amides is 1. The van der Waals surface area contributed by atoms with E-state index in [1.165, 1.54) is 40.0 Å². The minimum absolute atomic E-state index is 0.0574. The molecule has 1 aliphatic carbocycles. The molecule has 0 bridgehead atoms. The van der Waals surface area contributed by atoms with Crippen molar-refractivity contribution in [2.45, 2.75) is 44.1 Å². The molecule has 40 heavy (non-hydrogen) atoms. The van der Waals surface area contributed by atoms with Crippen molar-refractivity contribution in [2.75, 3.05) is 20.8 Å². The molecule has 5 rings (SSSR count). The molecule has 0 radical (unpaired) electrons. The van der Waals surface area contributed by atoms with E-state index in [9.17, 15) is 4.79 Å². The summed E-state index contributed by atoms with van der Waals surface area (Å²) in [5.74, 6) is 2.30. The predicted octanol–water partition coefficient (Wildman–Crippen LogP) is 7.31. The lowest BCUT2D eigenvalue weighted by molar-refractivity contribution is -0.168. The molecule has 0 saturated carbocycles. The van der Waals surface area contributed by atoms with Gasteiger partial charge in [-0.2, -0.15) is 0 Å². The van der Waals surface area contributed by atoms with Gasteiger partial charge in [0, 0.05) is 19.4 Å². The average Bonchev–Trinajstić information content (AvgIpc) is 3.02. The van der Waals surface area contributed by atoms with Crippen molar-refractivity contribution in [3.05, 3.63) is 131 Å². The van der Waals surface area contributed by atoms with Crippen LogP contribution in [0.5, 0.6) is 11.5 Å². The Bertz CT molecular complexity index is 1370. The highest BCUT2D eigenvalue weighted by atomic mass is 16.7. The summed E-state index contributed by atoms with van der Waals surface area (Å²) in [7, 11) is 3.11. The highest BCUT2D eigenvalue weighted by Gasteiger charge is 2.32. The quantitative estimate of drug-likeness (QED) is 0.149. The molecule has 0 aliphatic heterocycles. The van der Waals surface area contributed by atoms with E-state index in [4.69, 9.17) is 14.3 Å². The molecule has 0 unspecified atom stereocenters. The van der Waals surface area contributed by atoms with Crippen molar-refractivity contribution in [1.82, 2.24) is 5.06 Å². The summed E-state index contributed by atoms with van der Waals surface area (Å²) in [6.07, 6.45) is 3.12. The Morgan fingerprint density at radius 3 is 2.25 bits per heavy atom. The van der Waals surface area contributed by atoms with Gasteiger partial charge in [0.15, 0.2) is 0 Å². The molecule has 0 N–H and O–H groups in total. The second-order valence-corrected chi connectivity index (χ2v) is 10.3. The van der Waals surface area contributed by atoms with E-state index < -0.39 is 0 Å². The summed E-state index contributed by atoms with van der Waals surface area (Å²) in [5, 5.41) is 1.25. The lowest BCUT2D eigenvalue weighted by atomic mass is 9.69. The van der Waals surface area contributed by atoms with E-state index in [1.54, 1.807) is 7.05 Å². The van der Waals surface area contributed by atoms with Gasteiger partial charge in [0.1, 0.15) is 18.1 Å². The summed E-state index contributed by atoms with van der Waals surface area (Å²) < 4.78 is 12.1. The Labute approximate surface area is 237 Å². The molecule has 206 valence electrons. The topological polar surface area (TPSA) is 48.0 Å². The maximum atomic E-state index is 11.9. The van der Waals surface area contributed by atoms with Crippen LogP contribution in [0.3, 0.4) is 0 Å². The van der Waals surface area contributed by atoms with E-state index in [-0.39, 0.29) is 11.8 Å². The zero-order valence-electron chi connectivity index (χ0n) is 23.3. The third kappa shape index (κ3) is 6.72. The molecule has 1 aliphatic rings. The SMILES string of the molecule is CON(C)C(=O)CCCOc1ccc([C@@H]2c3ccc(OCc4ccccc4)cc3CC[C@@H]2c2ccccc2)cc1. The van der Waals surface area contributed by atoms with Crippen LogP contribution < -0.4 is 9.47 Å². The smallest absolute Gasteiger partial charge is 0.245 e. The van der Waals surface area contributed by atoms with Crippen LogP contribution in [0.4, 0.5) is 0 Å². The molecule has 2 atom stereocenters. The summed E-state index contributed by atoms with van der Waals surface area (Å²) in [6.45, 7) is 1.04. The fourth-order valence-electron chi connectivity index (χ4n) is 5.54. The van der Waals surface area contributed by atoms with Crippen molar-refractivity contribution >= 4 is 5.91 Å². The molecule has 4 aromatic rings. The van der Waals surface area contributed by atoms with Gasteiger partial charge in [0.2, 0.25) is 5.91 Å². The number of fused-ring (bicyclic) bond motifs is 1. The van der Waals surface area contributed by atoms with Gasteiger partial charge in [-0.15, -0.1) is 0 Å². The van der Waals surface area contributed by atoms with Crippen molar-refractivity contribution in [3.63, 3.8) is 0 Å². The van der Waals surface area contributed by atoms with Gasteiger partial charge in [-0.3, -0.25) is 9.63 Å². The largest absolute Gasteiger partial charge is 0.494 e. The third-order valence-electron chi connectivity index (χ3n) is 7.72. The molecule has 0 saturated heterocycles. The van der Waals surface area contributed by atoms with Crippen LogP contribution in [0.15, 0.2) is 103 Å². The molecule has 0 aromatic heterocycles. The summed E-state index contributed by atoms with van der Waals surface area (Å²) in [5.41, 5.74) is 6.53. The fourth-order valence-corrected chi connectivity index (χ4v) is 5.54. The number of carbonyl (C=O) groups is 1. The van der Waals surface area contributed by atoms with Crippen LogP contribution >= 0.6 is 0 Å². The zero-order chi connectivity index (χ0) is 27.7. The molecule has 0 fully saturated rings. The van der Waals surface area contributed by atoms with Gasteiger partial charge in [-0.25, -0.2) is 5.06 Å². The number of hydrogen-bond donors (Lipinski definition) is 0. The number of ether oxygens (including phenoxy) is 2.